The van der Waals surface area contributed by atoms with Crippen LogP contribution in [0.2, 0.25) is 0 Å². The van der Waals surface area contributed by atoms with E-state index in [1.54, 1.807) is 6.20 Å². The first-order chi connectivity index (χ1) is 5.81. The van der Waals surface area contributed by atoms with Crippen LogP contribution in [-0.4, -0.2) is 9.97 Å². The molecule has 0 spiro atoms. The lowest BCUT2D eigenvalue weighted by Gasteiger charge is -1.81. The van der Waals surface area contributed by atoms with Crippen molar-refractivity contribution in [2.75, 3.05) is 0 Å². The van der Waals surface area contributed by atoms with Gasteiger partial charge < -0.3 is 4.98 Å². The standard InChI is InChI=1S/C8H8N2OS/c1-2-6-10-5-3-4-9-8(11)7(5)12-6/h3-4H,2H2,1H3,(H,9,11). The van der Waals surface area contributed by atoms with Gasteiger partial charge in [-0.05, 0) is 12.5 Å². The third kappa shape index (κ3) is 1.04. The van der Waals surface area contributed by atoms with E-state index in [-0.39, 0.29) is 5.56 Å². The number of rotatable bonds is 1. The van der Waals surface area contributed by atoms with E-state index in [0.29, 0.717) is 0 Å². The first kappa shape index (κ1) is 7.49. The fourth-order valence-electron chi connectivity index (χ4n) is 1.07. The highest BCUT2D eigenvalue weighted by molar-refractivity contribution is 7.18. The number of fused-ring (bicyclic) bond motifs is 1. The summed E-state index contributed by atoms with van der Waals surface area (Å²) in [6.07, 6.45) is 2.52. The SMILES string of the molecule is CCc1nc2cc[nH]c(=O)c2s1. The molecule has 0 amide bonds. The van der Waals surface area contributed by atoms with Crippen LogP contribution in [0, 0.1) is 0 Å². The maximum absolute atomic E-state index is 11.2. The number of aromatic amines is 1. The summed E-state index contributed by atoms with van der Waals surface area (Å²) in [6, 6.07) is 1.83. The van der Waals surface area contributed by atoms with Crippen LogP contribution in [0.4, 0.5) is 0 Å². The lowest BCUT2D eigenvalue weighted by molar-refractivity contribution is 1.11. The molecular weight excluding hydrogens is 172 g/mol. The number of hydrogen-bond acceptors (Lipinski definition) is 3. The Morgan fingerprint density at radius 2 is 2.50 bits per heavy atom. The van der Waals surface area contributed by atoms with Crippen LogP contribution in [0.1, 0.15) is 11.9 Å². The Hall–Kier alpha value is -1.16. The first-order valence-corrected chi connectivity index (χ1v) is 4.60. The highest BCUT2D eigenvalue weighted by Crippen LogP contribution is 2.17. The second kappa shape index (κ2) is 2.71. The molecule has 2 rings (SSSR count). The molecule has 4 heteroatoms. The van der Waals surface area contributed by atoms with Crippen molar-refractivity contribution in [3.63, 3.8) is 0 Å². The Morgan fingerprint density at radius 3 is 3.17 bits per heavy atom. The van der Waals surface area contributed by atoms with Gasteiger partial charge in [-0.15, -0.1) is 11.3 Å². The fourth-order valence-corrected chi connectivity index (χ4v) is 1.96. The zero-order valence-corrected chi connectivity index (χ0v) is 7.44. The van der Waals surface area contributed by atoms with Crippen LogP contribution >= 0.6 is 11.3 Å². The van der Waals surface area contributed by atoms with Gasteiger partial charge in [0.25, 0.3) is 5.56 Å². The fraction of sp³-hybridized carbons (Fsp3) is 0.250. The van der Waals surface area contributed by atoms with Crippen LogP contribution in [0.25, 0.3) is 10.2 Å². The molecule has 12 heavy (non-hydrogen) atoms. The number of aryl methyl sites for hydroxylation is 1. The minimum absolute atomic E-state index is 0.0373. The number of pyridine rings is 1. The van der Waals surface area contributed by atoms with E-state index in [2.05, 4.69) is 9.97 Å². The van der Waals surface area contributed by atoms with Gasteiger partial charge in [-0.3, -0.25) is 4.79 Å². The highest BCUT2D eigenvalue weighted by atomic mass is 32.1. The zero-order chi connectivity index (χ0) is 8.55. The summed E-state index contributed by atoms with van der Waals surface area (Å²) < 4.78 is 0.731. The van der Waals surface area contributed by atoms with Crippen molar-refractivity contribution in [2.45, 2.75) is 13.3 Å². The average molecular weight is 180 g/mol. The van der Waals surface area contributed by atoms with E-state index in [4.69, 9.17) is 0 Å². The van der Waals surface area contributed by atoms with Crippen molar-refractivity contribution in [3.05, 3.63) is 27.6 Å². The summed E-state index contributed by atoms with van der Waals surface area (Å²) in [7, 11) is 0. The van der Waals surface area contributed by atoms with Gasteiger partial charge in [0.1, 0.15) is 4.70 Å². The molecule has 0 aliphatic carbocycles. The summed E-state index contributed by atoms with van der Waals surface area (Å²) in [6.45, 7) is 2.03. The van der Waals surface area contributed by atoms with E-state index < -0.39 is 0 Å². The quantitative estimate of drug-likeness (QED) is 0.723. The Balaban J connectivity index is 2.83. The van der Waals surface area contributed by atoms with Crippen molar-refractivity contribution in [3.8, 4) is 0 Å². The van der Waals surface area contributed by atoms with Gasteiger partial charge in [0.05, 0.1) is 10.5 Å². The van der Waals surface area contributed by atoms with Gasteiger partial charge >= 0.3 is 0 Å². The topological polar surface area (TPSA) is 45.8 Å². The Kier molecular flexibility index (Phi) is 1.69. The zero-order valence-electron chi connectivity index (χ0n) is 6.63. The van der Waals surface area contributed by atoms with E-state index >= 15 is 0 Å². The molecule has 2 aromatic heterocycles. The van der Waals surface area contributed by atoms with Gasteiger partial charge in [0.15, 0.2) is 0 Å². The third-order valence-corrected chi connectivity index (χ3v) is 2.88. The highest BCUT2D eigenvalue weighted by Gasteiger charge is 2.03. The molecular formula is C8H8N2OS. The van der Waals surface area contributed by atoms with E-state index in [0.717, 1.165) is 21.6 Å². The molecule has 0 atom stereocenters. The molecule has 0 saturated heterocycles. The lowest BCUT2D eigenvalue weighted by Crippen LogP contribution is -2.01. The van der Waals surface area contributed by atoms with E-state index in [9.17, 15) is 4.79 Å². The van der Waals surface area contributed by atoms with Crippen molar-refractivity contribution < 1.29 is 0 Å². The van der Waals surface area contributed by atoms with Gasteiger partial charge in [0, 0.05) is 6.20 Å². The van der Waals surface area contributed by atoms with Crippen molar-refractivity contribution in [2.24, 2.45) is 0 Å². The summed E-state index contributed by atoms with van der Waals surface area (Å²) in [5.41, 5.74) is 0.769. The Bertz CT molecular complexity index is 457. The molecule has 0 aliphatic rings. The number of hydrogen-bond donors (Lipinski definition) is 1. The van der Waals surface area contributed by atoms with Crippen LogP contribution in [0.5, 0.6) is 0 Å². The molecule has 62 valence electrons. The molecule has 2 aromatic rings. The maximum Gasteiger partial charge on any atom is 0.267 e. The van der Waals surface area contributed by atoms with E-state index in [1.807, 2.05) is 13.0 Å². The summed E-state index contributed by atoms with van der Waals surface area (Å²) in [4.78, 5) is 18.1. The largest absolute Gasteiger partial charge is 0.328 e. The van der Waals surface area contributed by atoms with Gasteiger partial charge in [-0.25, -0.2) is 4.98 Å². The predicted molar refractivity (Wildman–Crippen MR) is 49.6 cm³/mol. The summed E-state index contributed by atoms with van der Waals surface area (Å²) >= 11 is 1.47. The smallest absolute Gasteiger partial charge is 0.267 e. The van der Waals surface area contributed by atoms with Gasteiger partial charge in [0.2, 0.25) is 0 Å². The van der Waals surface area contributed by atoms with E-state index in [1.165, 1.54) is 11.3 Å². The summed E-state index contributed by atoms with van der Waals surface area (Å²) in [5.74, 6) is 0. The van der Waals surface area contributed by atoms with Crippen LogP contribution in [0.15, 0.2) is 17.1 Å². The molecule has 0 saturated carbocycles. The summed E-state index contributed by atoms with van der Waals surface area (Å²) in [5, 5.41) is 1.02. The second-order valence-corrected chi connectivity index (χ2v) is 3.57. The second-order valence-electron chi connectivity index (χ2n) is 2.48. The van der Waals surface area contributed by atoms with Crippen LogP contribution in [-0.2, 0) is 6.42 Å². The molecule has 2 heterocycles. The minimum Gasteiger partial charge on any atom is -0.328 e. The van der Waals surface area contributed by atoms with Crippen LogP contribution in [0.3, 0.4) is 0 Å². The number of nitrogens with zero attached hydrogens (tertiary/aromatic N) is 1. The maximum atomic E-state index is 11.2. The van der Waals surface area contributed by atoms with Crippen LogP contribution < -0.4 is 5.56 Å². The van der Waals surface area contributed by atoms with Gasteiger partial charge in [-0.2, -0.15) is 0 Å². The molecule has 0 fully saturated rings. The van der Waals surface area contributed by atoms with Crippen molar-refractivity contribution >= 4 is 21.6 Å². The van der Waals surface area contributed by atoms with Crippen molar-refractivity contribution in [1.82, 2.24) is 9.97 Å². The average Bonchev–Trinajstić information content (AvgIpc) is 2.49. The van der Waals surface area contributed by atoms with Crippen molar-refractivity contribution in [1.29, 1.82) is 0 Å². The number of H-pyrrole nitrogens is 1. The Labute approximate surface area is 73.1 Å². The van der Waals surface area contributed by atoms with Gasteiger partial charge in [-0.1, -0.05) is 6.92 Å². The molecule has 0 radical (unpaired) electrons. The minimum atomic E-state index is -0.0373. The first-order valence-electron chi connectivity index (χ1n) is 3.78. The normalized spacial score (nSPS) is 10.8. The molecule has 3 nitrogen and oxygen atoms in total. The lowest BCUT2D eigenvalue weighted by atomic mass is 10.4. The number of thiazole rings is 1. The molecule has 1 N–H and O–H groups in total. The number of nitrogens with one attached hydrogen (secondary N) is 1. The molecule has 0 aromatic carbocycles. The number of aromatic nitrogens is 2. The predicted octanol–water partition coefficient (Wildman–Crippen LogP) is 1.55. The Morgan fingerprint density at radius 1 is 1.67 bits per heavy atom. The molecule has 0 unspecified atom stereocenters. The molecule has 0 bridgehead atoms. The third-order valence-electron chi connectivity index (χ3n) is 1.66. The monoisotopic (exact) mass is 180 g/mol. The molecule has 0 aliphatic heterocycles.